The Balaban J connectivity index is 0. The largest absolute Gasteiger partial charge is 1.00 e. The maximum absolute atomic E-state index is 11.5. The second-order valence-electron chi connectivity index (χ2n) is 4.38. The molecule has 0 fully saturated rings. The van der Waals surface area contributed by atoms with E-state index in [4.69, 9.17) is 0 Å². The van der Waals surface area contributed by atoms with Crippen LogP contribution >= 0.6 is 0 Å². The summed E-state index contributed by atoms with van der Waals surface area (Å²) in [5.41, 5.74) is 1.89. The van der Waals surface area contributed by atoms with E-state index in [9.17, 15) is 13.0 Å². The zero-order valence-corrected chi connectivity index (χ0v) is 14.9. The minimum Gasteiger partial charge on any atom is -1.00 e. The van der Waals surface area contributed by atoms with Crippen molar-refractivity contribution in [2.75, 3.05) is 11.4 Å². The third-order valence-electron chi connectivity index (χ3n) is 2.90. The van der Waals surface area contributed by atoms with Crippen LogP contribution in [0.1, 0.15) is 33.7 Å². The Kier molecular flexibility index (Phi) is 8.24. The fraction of sp³-hybridized carbons (Fsp3) is 0.538. The summed E-state index contributed by atoms with van der Waals surface area (Å²) >= 11 is 0. The first-order valence-corrected chi connectivity index (χ1v) is 7.70. The molecule has 104 valence electrons. The van der Waals surface area contributed by atoms with Gasteiger partial charge in [-0.25, -0.2) is 0 Å². The molecule has 0 bridgehead atoms. The Labute approximate surface area is 139 Å². The molecule has 1 atom stereocenters. The van der Waals surface area contributed by atoms with Crippen molar-refractivity contribution in [3.63, 3.8) is 0 Å². The number of hydrogen-bond acceptors (Lipinski definition) is 3. The molecular weight excluding hydrogens is 273 g/mol. The van der Waals surface area contributed by atoms with Gasteiger partial charge in [0.15, 0.2) is 5.37 Å². The van der Waals surface area contributed by atoms with Crippen LogP contribution in [0.15, 0.2) is 24.3 Å². The van der Waals surface area contributed by atoms with E-state index in [-0.39, 0.29) is 31.0 Å². The molecule has 1 aromatic rings. The van der Waals surface area contributed by atoms with Crippen molar-refractivity contribution < 1.29 is 44.0 Å². The van der Waals surface area contributed by atoms with E-state index in [1.165, 1.54) is 0 Å². The van der Waals surface area contributed by atoms with Crippen LogP contribution in [0.5, 0.6) is 0 Å². The van der Waals surface area contributed by atoms with Crippen molar-refractivity contribution in [3.8, 4) is 0 Å². The van der Waals surface area contributed by atoms with Crippen LogP contribution in [0.25, 0.3) is 0 Å². The summed E-state index contributed by atoms with van der Waals surface area (Å²) < 4.78 is 32.4. The average molecular weight is 295 g/mol. The minimum absolute atomic E-state index is 0. The summed E-state index contributed by atoms with van der Waals surface area (Å²) in [6.07, 6.45) is 1.12. The van der Waals surface area contributed by atoms with E-state index in [1.807, 2.05) is 45.0 Å². The van der Waals surface area contributed by atoms with Crippen molar-refractivity contribution in [2.45, 2.75) is 39.0 Å². The van der Waals surface area contributed by atoms with Crippen molar-refractivity contribution >= 4 is 15.8 Å². The normalized spacial score (nSPS) is 12.6. The minimum atomic E-state index is -4.07. The van der Waals surface area contributed by atoms with Gasteiger partial charge in [-0.05, 0) is 38.0 Å². The average Bonchev–Trinajstić information content (AvgIpc) is 2.28. The van der Waals surface area contributed by atoms with E-state index < -0.39 is 15.5 Å². The van der Waals surface area contributed by atoms with Crippen LogP contribution in [0.4, 0.5) is 5.69 Å². The van der Waals surface area contributed by atoms with Gasteiger partial charge >= 0.3 is 29.6 Å². The first-order valence-electron chi connectivity index (χ1n) is 6.19. The zero-order chi connectivity index (χ0) is 13.8. The number of benzene rings is 1. The Morgan fingerprint density at radius 1 is 1.37 bits per heavy atom. The first kappa shape index (κ1) is 18.9. The number of nitrogens with zero attached hydrogens (tertiary/aromatic N) is 1. The van der Waals surface area contributed by atoms with Gasteiger partial charge in [0.05, 0.1) is 0 Å². The molecule has 1 aromatic carbocycles. The smallest absolute Gasteiger partial charge is 1.00 e. The number of hydrogen-bond donors (Lipinski definition) is 1. The Morgan fingerprint density at radius 3 is 2.42 bits per heavy atom. The van der Waals surface area contributed by atoms with Gasteiger partial charge in [-0.2, -0.15) is 8.42 Å². The van der Waals surface area contributed by atoms with E-state index in [0.29, 0.717) is 19.4 Å². The van der Waals surface area contributed by atoms with E-state index in [0.717, 1.165) is 11.3 Å². The molecular formula is C13H22NNaO3S. The third-order valence-corrected chi connectivity index (χ3v) is 4.08. The number of aryl methyl sites for hydroxylation is 1. The second kappa shape index (κ2) is 8.27. The first-order chi connectivity index (χ1) is 8.40. The van der Waals surface area contributed by atoms with Gasteiger partial charge in [0.2, 0.25) is 0 Å². The maximum atomic E-state index is 11.5. The molecule has 0 saturated carbocycles. The second-order valence-corrected chi connectivity index (χ2v) is 5.96. The number of rotatable bonds is 6. The molecule has 0 aromatic heterocycles. The molecule has 6 heteroatoms. The SMILES string of the molecule is CCCC(N(CC)c1cccc(C)c1)S(=O)(=O)O.[H-].[Na+]. The van der Waals surface area contributed by atoms with Gasteiger partial charge in [0.25, 0.3) is 10.1 Å². The predicted octanol–water partition coefficient (Wildman–Crippen LogP) is -0.0482. The molecule has 0 aliphatic carbocycles. The zero-order valence-electron chi connectivity index (χ0n) is 13.1. The van der Waals surface area contributed by atoms with Gasteiger partial charge in [-0.1, -0.05) is 25.5 Å². The fourth-order valence-corrected chi connectivity index (χ4v) is 3.20. The molecule has 0 saturated heterocycles. The van der Waals surface area contributed by atoms with Crippen LogP contribution < -0.4 is 34.5 Å². The molecule has 0 aliphatic rings. The Hall–Kier alpha value is -0.0700. The fourth-order valence-electron chi connectivity index (χ4n) is 2.07. The Morgan fingerprint density at radius 2 is 2.00 bits per heavy atom. The molecule has 1 N–H and O–H groups in total. The molecule has 19 heavy (non-hydrogen) atoms. The van der Waals surface area contributed by atoms with Gasteiger partial charge in [0, 0.05) is 12.2 Å². The van der Waals surface area contributed by atoms with Crippen LogP contribution in [-0.2, 0) is 10.1 Å². The van der Waals surface area contributed by atoms with Gasteiger partial charge in [-0.15, -0.1) is 0 Å². The summed E-state index contributed by atoms with van der Waals surface area (Å²) in [6.45, 7) is 6.28. The quantitative estimate of drug-likeness (QED) is 0.591. The van der Waals surface area contributed by atoms with Crippen LogP contribution in [0.2, 0.25) is 0 Å². The summed E-state index contributed by atoms with van der Waals surface area (Å²) in [5, 5.41) is -0.866. The van der Waals surface area contributed by atoms with E-state index in [1.54, 1.807) is 4.90 Å². The molecule has 1 unspecified atom stereocenters. The number of anilines is 1. The monoisotopic (exact) mass is 295 g/mol. The predicted molar refractivity (Wildman–Crippen MR) is 75.6 cm³/mol. The summed E-state index contributed by atoms with van der Waals surface area (Å²) in [6, 6.07) is 7.64. The molecule has 0 aliphatic heterocycles. The molecule has 0 radical (unpaired) electrons. The van der Waals surface area contributed by atoms with Crippen molar-refractivity contribution in [1.29, 1.82) is 0 Å². The Bertz CT molecular complexity index is 496. The van der Waals surface area contributed by atoms with Crippen LogP contribution in [-0.4, -0.2) is 24.9 Å². The molecule has 0 amide bonds. The van der Waals surface area contributed by atoms with Crippen molar-refractivity contribution in [3.05, 3.63) is 29.8 Å². The van der Waals surface area contributed by atoms with Gasteiger partial charge in [0.1, 0.15) is 0 Å². The van der Waals surface area contributed by atoms with Crippen LogP contribution in [0.3, 0.4) is 0 Å². The van der Waals surface area contributed by atoms with Gasteiger partial charge in [-0.3, -0.25) is 4.55 Å². The summed E-state index contributed by atoms with van der Waals surface area (Å²) in [7, 11) is -4.07. The molecule has 0 spiro atoms. The molecule has 1 rings (SSSR count). The summed E-state index contributed by atoms with van der Waals surface area (Å²) in [5.74, 6) is 0. The van der Waals surface area contributed by atoms with E-state index in [2.05, 4.69) is 0 Å². The van der Waals surface area contributed by atoms with E-state index >= 15 is 0 Å². The van der Waals surface area contributed by atoms with Crippen molar-refractivity contribution in [1.82, 2.24) is 0 Å². The topological polar surface area (TPSA) is 57.6 Å². The van der Waals surface area contributed by atoms with Crippen LogP contribution in [0, 0.1) is 6.92 Å². The standard InChI is InChI=1S/C13H21NO3S.Na.H/c1-4-7-13(18(15,16)17)14(5-2)12-9-6-8-11(3)10-12;;/h6,8-10,13H,4-5,7H2,1-3H3,(H,15,16,17);;/q;+1;-1. The molecule has 4 nitrogen and oxygen atoms in total. The summed E-state index contributed by atoms with van der Waals surface area (Å²) in [4.78, 5) is 1.73. The van der Waals surface area contributed by atoms with Gasteiger partial charge < -0.3 is 6.33 Å². The maximum Gasteiger partial charge on any atom is 1.00 e. The third kappa shape index (κ3) is 5.44. The van der Waals surface area contributed by atoms with Crippen molar-refractivity contribution in [2.24, 2.45) is 0 Å². The molecule has 0 heterocycles.